The first-order valence-electron chi connectivity index (χ1n) is 13.3. The highest BCUT2D eigenvalue weighted by Crippen LogP contribution is 2.26. The van der Waals surface area contributed by atoms with Crippen molar-refractivity contribution in [1.82, 2.24) is 15.6 Å². The first-order chi connectivity index (χ1) is 19.1. The number of hydrogen-bond donors (Lipinski definition) is 8. The Bertz CT molecular complexity index is 1130. The number of benzene rings is 1. The van der Waals surface area contributed by atoms with Gasteiger partial charge in [-0.3, -0.25) is 19.2 Å². The minimum absolute atomic E-state index is 0.178. The lowest BCUT2D eigenvalue weighted by atomic mass is 10.1. The molecule has 1 heterocycles. The molecule has 0 aliphatic carbocycles. The number of nitrogens with zero attached hydrogens (tertiary/aromatic N) is 1. The van der Waals surface area contributed by atoms with Crippen molar-refractivity contribution in [2.75, 3.05) is 30.3 Å². The first-order valence-corrected chi connectivity index (χ1v) is 14.2. The average Bonchev–Trinajstić information content (AvgIpc) is 3.38. The number of amides is 4. The van der Waals surface area contributed by atoms with Crippen LogP contribution in [0.15, 0.2) is 29.6 Å². The fourth-order valence-corrected chi connectivity index (χ4v) is 4.47. The van der Waals surface area contributed by atoms with Crippen LogP contribution in [0.4, 0.5) is 10.8 Å². The minimum atomic E-state index is -1.11. The van der Waals surface area contributed by atoms with E-state index >= 15 is 0 Å². The van der Waals surface area contributed by atoms with Gasteiger partial charge in [0.1, 0.15) is 6.04 Å². The van der Waals surface area contributed by atoms with Crippen LogP contribution < -0.4 is 44.2 Å². The van der Waals surface area contributed by atoms with E-state index in [0.717, 1.165) is 12.8 Å². The quantitative estimate of drug-likeness (QED) is 0.120. The normalized spacial score (nSPS) is 13.1. The topological polar surface area (TPSA) is 233 Å². The molecule has 1 unspecified atom stereocenters. The number of carbonyl (C=O) groups is 4. The predicted molar refractivity (Wildman–Crippen MR) is 157 cm³/mol. The Hall–Kier alpha value is -3.43. The lowest BCUT2D eigenvalue weighted by Gasteiger charge is -2.22. The summed E-state index contributed by atoms with van der Waals surface area (Å²) >= 11 is 1.28. The Morgan fingerprint density at radius 1 is 0.900 bits per heavy atom. The molecule has 0 saturated carbocycles. The predicted octanol–water partition coefficient (Wildman–Crippen LogP) is 0.221. The van der Waals surface area contributed by atoms with Gasteiger partial charge in [0, 0.05) is 30.1 Å². The van der Waals surface area contributed by atoms with Crippen LogP contribution in [0.5, 0.6) is 0 Å². The Balaban J connectivity index is 2.12. The number of thiazole rings is 1. The van der Waals surface area contributed by atoms with E-state index in [-0.39, 0.29) is 12.5 Å². The molecule has 4 amide bonds. The fourth-order valence-electron chi connectivity index (χ4n) is 3.70. The summed E-state index contributed by atoms with van der Waals surface area (Å²) in [5.41, 5.74) is 24.8. The number of unbranched alkanes of at least 4 members (excludes halogenated alkanes) is 2. The lowest BCUT2D eigenvalue weighted by Crippen LogP contribution is -2.55. The number of nitrogens with two attached hydrogens (primary N) is 4. The van der Waals surface area contributed by atoms with Gasteiger partial charge in [-0.1, -0.05) is 25.0 Å². The SMILES string of the molecule is CC(=O)Nc1nc(-c2cccc(NC(=O)C(CNC(=O)[C@@H](N)CCCCN)NC(=O)[C@@H](N)CCCCN)c2)cs1. The van der Waals surface area contributed by atoms with Crippen LogP contribution in [-0.4, -0.2) is 66.4 Å². The van der Waals surface area contributed by atoms with Crippen molar-refractivity contribution in [1.29, 1.82) is 0 Å². The molecule has 14 heteroatoms. The van der Waals surface area contributed by atoms with E-state index in [9.17, 15) is 19.2 Å². The summed E-state index contributed by atoms with van der Waals surface area (Å²) in [7, 11) is 0. The van der Waals surface area contributed by atoms with Crippen molar-refractivity contribution in [2.24, 2.45) is 22.9 Å². The number of aromatic nitrogens is 1. The monoisotopic (exact) mass is 575 g/mol. The number of carbonyl (C=O) groups excluding carboxylic acids is 4. The Morgan fingerprint density at radius 3 is 2.17 bits per heavy atom. The highest BCUT2D eigenvalue weighted by Gasteiger charge is 2.25. The zero-order valence-corrected chi connectivity index (χ0v) is 23.6. The number of rotatable bonds is 17. The van der Waals surface area contributed by atoms with E-state index in [0.29, 0.717) is 60.8 Å². The third-order valence-electron chi connectivity index (χ3n) is 5.94. The van der Waals surface area contributed by atoms with Crippen LogP contribution in [0, 0.1) is 0 Å². The van der Waals surface area contributed by atoms with Gasteiger partial charge < -0.3 is 44.2 Å². The molecule has 0 spiro atoms. The largest absolute Gasteiger partial charge is 0.352 e. The van der Waals surface area contributed by atoms with Crippen molar-refractivity contribution in [2.45, 2.75) is 63.6 Å². The summed E-state index contributed by atoms with van der Waals surface area (Å²) in [6.07, 6.45) is 3.70. The van der Waals surface area contributed by atoms with Gasteiger partial charge in [0.25, 0.3) is 0 Å². The Kier molecular flexibility index (Phi) is 14.2. The van der Waals surface area contributed by atoms with Crippen molar-refractivity contribution in [3.05, 3.63) is 29.6 Å². The van der Waals surface area contributed by atoms with E-state index in [1.807, 2.05) is 6.07 Å². The third kappa shape index (κ3) is 11.4. The maximum Gasteiger partial charge on any atom is 0.248 e. The smallest absolute Gasteiger partial charge is 0.248 e. The van der Waals surface area contributed by atoms with Crippen LogP contribution in [-0.2, 0) is 19.2 Å². The molecular weight excluding hydrogens is 534 g/mol. The van der Waals surface area contributed by atoms with Gasteiger partial charge >= 0.3 is 0 Å². The standard InChI is InChI=1S/C26H41N9O4S/c1-16(36)32-26-35-22(15-40-26)17-7-6-8-18(13-17)33-25(39)21(34-24(38)20(30)10-3-5-12-28)14-31-23(37)19(29)9-2-4-11-27/h6-8,13,15,19-21H,2-5,9-12,14,27-30H2,1H3,(H,31,37)(H,33,39)(H,34,38)(H,32,35,36)/t19-,20-,21?/m0/s1. The fraction of sp³-hybridized carbons (Fsp3) is 0.500. The second kappa shape index (κ2) is 17.3. The molecule has 0 fully saturated rings. The molecule has 220 valence electrons. The van der Waals surface area contributed by atoms with Crippen LogP contribution in [0.2, 0.25) is 0 Å². The molecule has 0 saturated heterocycles. The highest BCUT2D eigenvalue weighted by molar-refractivity contribution is 7.14. The molecular formula is C26H41N9O4S. The van der Waals surface area contributed by atoms with Crippen molar-refractivity contribution < 1.29 is 19.2 Å². The maximum atomic E-state index is 13.3. The molecule has 0 bridgehead atoms. The van der Waals surface area contributed by atoms with Gasteiger partial charge in [-0.15, -0.1) is 11.3 Å². The van der Waals surface area contributed by atoms with Crippen LogP contribution >= 0.6 is 11.3 Å². The molecule has 2 rings (SSSR count). The summed E-state index contributed by atoms with van der Waals surface area (Å²) in [5.74, 6) is -1.72. The van der Waals surface area contributed by atoms with E-state index in [1.165, 1.54) is 18.3 Å². The van der Waals surface area contributed by atoms with Crippen molar-refractivity contribution in [3.8, 4) is 11.3 Å². The highest BCUT2D eigenvalue weighted by atomic mass is 32.1. The van der Waals surface area contributed by atoms with Gasteiger partial charge in [-0.05, 0) is 50.9 Å². The molecule has 12 N–H and O–H groups in total. The zero-order valence-electron chi connectivity index (χ0n) is 22.8. The molecule has 1 aromatic heterocycles. The lowest BCUT2D eigenvalue weighted by molar-refractivity contribution is -0.128. The van der Waals surface area contributed by atoms with Gasteiger partial charge in [0.05, 0.1) is 17.8 Å². The summed E-state index contributed by atoms with van der Waals surface area (Å²) < 4.78 is 0. The molecule has 0 aliphatic rings. The molecule has 1 aromatic carbocycles. The Morgan fingerprint density at radius 2 is 1.55 bits per heavy atom. The van der Waals surface area contributed by atoms with Crippen molar-refractivity contribution in [3.63, 3.8) is 0 Å². The maximum absolute atomic E-state index is 13.3. The minimum Gasteiger partial charge on any atom is -0.352 e. The average molecular weight is 576 g/mol. The second-order valence-corrected chi connectivity index (χ2v) is 10.2. The Labute approximate surface area is 238 Å². The van der Waals surface area contributed by atoms with Crippen molar-refractivity contribution >= 4 is 45.8 Å². The third-order valence-corrected chi connectivity index (χ3v) is 6.70. The van der Waals surface area contributed by atoms with Gasteiger partial charge in [-0.2, -0.15) is 0 Å². The van der Waals surface area contributed by atoms with Gasteiger partial charge in [0.2, 0.25) is 23.6 Å². The van der Waals surface area contributed by atoms with E-state index in [1.54, 1.807) is 23.6 Å². The van der Waals surface area contributed by atoms with Crippen LogP contribution in [0.1, 0.15) is 45.4 Å². The summed E-state index contributed by atoms with van der Waals surface area (Å²) in [5, 5.41) is 13.0. The molecule has 0 aliphatic heterocycles. The molecule has 2 aromatic rings. The molecule has 0 radical (unpaired) electrons. The first kappa shape index (κ1) is 32.8. The van der Waals surface area contributed by atoms with E-state index < -0.39 is 35.8 Å². The second-order valence-electron chi connectivity index (χ2n) is 9.38. The zero-order chi connectivity index (χ0) is 29.5. The number of hydrogen-bond acceptors (Lipinski definition) is 10. The van der Waals surface area contributed by atoms with Gasteiger partial charge in [-0.25, -0.2) is 4.98 Å². The molecule has 40 heavy (non-hydrogen) atoms. The number of anilines is 2. The van der Waals surface area contributed by atoms with E-state index in [2.05, 4.69) is 26.3 Å². The molecule has 3 atom stereocenters. The van der Waals surface area contributed by atoms with E-state index in [4.69, 9.17) is 22.9 Å². The van der Waals surface area contributed by atoms with Gasteiger partial charge in [0.15, 0.2) is 5.13 Å². The summed E-state index contributed by atoms with van der Waals surface area (Å²) in [6, 6.07) is 4.25. The summed E-state index contributed by atoms with van der Waals surface area (Å²) in [4.78, 5) is 54.2. The number of nitrogens with one attached hydrogen (secondary N) is 4. The van der Waals surface area contributed by atoms with Crippen LogP contribution in [0.25, 0.3) is 11.3 Å². The molecule has 13 nitrogen and oxygen atoms in total. The van der Waals surface area contributed by atoms with Crippen LogP contribution in [0.3, 0.4) is 0 Å². The summed E-state index contributed by atoms with van der Waals surface area (Å²) in [6.45, 7) is 2.22.